The van der Waals surface area contributed by atoms with E-state index < -0.39 is 12.1 Å². The fourth-order valence-corrected chi connectivity index (χ4v) is 1.25. The Morgan fingerprint density at radius 2 is 1.94 bits per heavy atom. The molecule has 94 valence electrons. The van der Waals surface area contributed by atoms with Crippen LogP contribution in [0.5, 0.6) is 5.75 Å². The first-order chi connectivity index (χ1) is 8.11. The molecule has 0 amide bonds. The second-order valence-electron chi connectivity index (χ2n) is 3.69. The maximum atomic E-state index is 10.4. The molecule has 0 aliphatic rings. The molecule has 0 radical (unpaired) electrons. The van der Waals surface area contributed by atoms with E-state index in [4.69, 9.17) is 20.1 Å². The van der Waals surface area contributed by atoms with Crippen molar-refractivity contribution in [2.45, 2.75) is 18.9 Å². The number of aliphatic carboxylic acids is 1. The van der Waals surface area contributed by atoms with E-state index in [1.54, 1.807) is 24.3 Å². The van der Waals surface area contributed by atoms with E-state index >= 15 is 0 Å². The third kappa shape index (κ3) is 5.33. The van der Waals surface area contributed by atoms with Crippen molar-refractivity contribution in [3.05, 3.63) is 29.8 Å². The first-order valence-corrected chi connectivity index (χ1v) is 5.34. The van der Waals surface area contributed by atoms with Crippen LogP contribution in [-0.4, -0.2) is 40.6 Å². The quantitative estimate of drug-likeness (QED) is 0.643. The summed E-state index contributed by atoms with van der Waals surface area (Å²) in [6, 6.07) is 6.98. The summed E-state index contributed by atoms with van der Waals surface area (Å²) in [5.74, 6) is -0.243. The number of benzene rings is 1. The molecule has 5 heteroatoms. The topological polar surface area (TPSA) is 87.0 Å². The fraction of sp³-hybridized carbons (Fsp3) is 0.417. The van der Waals surface area contributed by atoms with Crippen molar-refractivity contribution >= 4 is 5.97 Å². The van der Waals surface area contributed by atoms with Gasteiger partial charge in [0.1, 0.15) is 18.5 Å². The summed E-state index contributed by atoms with van der Waals surface area (Å²) in [6.07, 6.45) is -0.306. The number of ether oxygens (including phenoxy) is 1. The number of hydrogen-bond acceptors (Lipinski definition) is 4. The number of carboxylic acids is 1. The highest BCUT2D eigenvalue weighted by Crippen LogP contribution is 2.13. The predicted molar refractivity (Wildman–Crippen MR) is 61.0 cm³/mol. The lowest BCUT2D eigenvalue weighted by Crippen LogP contribution is -2.21. The van der Waals surface area contributed by atoms with Crippen LogP contribution in [0.1, 0.15) is 12.0 Å². The molecular formula is C12H16O5. The van der Waals surface area contributed by atoms with E-state index in [-0.39, 0.29) is 19.6 Å². The Bertz CT molecular complexity index is 346. The number of hydrogen-bond donors (Lipinski definition) is 3. The molecule has 0 heterocycles. The van der Waals surface area contributed by atoms with Crippen LogP contribution in [0.2, 0.25) is 0 Å². The molecule has 0 aromatic heterocycles. The monoisotopic (exact) mass is 240 g/mol. The molecule has 1 unspecified atom stereocenters. The van der Waals surface area contributed by atoms with Crippen molar-refractivity contribution in [3.8, 4) is 5.75 Å². The predicted octanol–water partition coefficient (Wildman–Crippen LogP) is 0.436. The highest BCUT2D eigenvalue weighted by atomic mass is 16.5. The van der Waals surface area contributed by atoms with Gasteiger partial charge in [-0.3, -0.25) is 4.79 Å². The molecule has 5 nitrogen and oxygen atoms in total. The number of aliphatic hydroxyl groups excluding tert-OH is 2. The molecule has 0 saturated carbocycles. The molecule has 17 heavy (non-hydrogen) atoms. The minimum absolute atomic E-state index is 0.0327. The van der Waals surface area contributed by atoms with Gasteiger partial charge >= 0.3 is 5.97 Å². The van der Waals surface area contributed by atoms with E-state index in [2.05, 4.69) is 0 Å². The third-order valence-corrected chi connectivity index (χ3v) is 2.20. The summed E-state index contributed by atoms with van der Waals surface area (Å²) in [7, 11) is 0. The molecule has 0 saturated heterocycles. The van der Waals surface area contributed by atoms with Gasteiger partial charge in [0.15, 0.2) is 0 Å². The lowest BCUT2D eigenvalue weighted by Gasteiger charge is -2.10. The normalized spacial score (nSPS) is 12.1. The van der Waals surface area contributed by atoms with Crippen LogP contribution in [0, 0.1) is 0 Å². The molecule has 0 spiro atoms. The fourth-order valence-electron chi connectivity index (χ4n) is 1.25. The minimum atomic E-state index is -0.887. The van der Waals surface area contributed by atoms with Gasteiger partial charge in [0, 0.05) is 6.42 Å². The first-order valence-electron chi connectivity index (χ1n) is 5.34. The third-order valence-electron chi connectivity index (χ3n) is 2.20. The molecular weight excluding hydrogens is 224 g/mol. The Morgan fingerprint density at radius 3 is 2.47 bits per heavy atom. The zero-order valence-electron chi connectivity index (χ0n) is 9.37. The molecule has 1 rings (SSSR count). The Labute approximate surface area is 99.3 Å². The average Bonchev–Trinajstić information content (AvgIpc) is 2.34. The Morgan fingerprint density at radius 1 is 1.29 bits per heavy atom. The zero-order chi connectivity index (χ0) is 12.7. The number of aryl methyl sites for hydroxylation is 1. The van der Waals surface area contributed by atoms with E-state index in [9.17, 15) is 4.79 Å². The molecule has 1 aromatic carbocycles. The average molecular weight is 240 g/mol. The van der Waals surface area contributed by atoms with Crippen molar-refractivity contribution in [2.24, 2.45) is 0 Å². The van der Waals surface area contributed by atoms with Crippen molar-refractivity contribution < 1.29 is 24.9 Å². The maximum Gasteiger partial charge on any atom is 0.303 e. The van der Waals surface area contributed by atoms with Crippen LogP contribution in [-0.2, 0) is 11.2 Å². The van der Waals surface area contributed by atoms with Crippen molar-refractivity contribution in [1.82, 2.24) is 0 Å². The Balaban J connectivity index is 2.41. The van der Waals surface area contributed by atoms with E-state index in [0.29, 0.717) is 12.2 Å². The van der Waals surface area contributed by atoms with Crippen LogP contribution in [0.3, 0.4) is 0 Å². The van der Waals surface area contributed by atoms with E-state index in [0.717, 1.165) is 5.56 Å². The van der Waals surface area contributed by atoms with E-state index in [1.807, 2.05) is 0 Å². The molecule has 3 N–H and O–H groups in total. The number of aliphatic hydroxyl groups is 2. The van der Waals surface area contributed by atoms with Gasteiger partial charge in [0.05, 0.1) is 6.61 Å². The van der Waals surface area contributed by atoms with Crippen molar-refractivity contribution in [2.75, 3.05) is 13.2 Å². The van der Waals surface area contributed by atoms with Crippen LogP contribution in [0.15, 0.2) is 24.3 Å². The SMILES string of the molecule is O=C(O)CCc1ccc(OCC(O)CO)cc1. The molecule has 1 aromatic rings. The summed E-state index contributed by atoms with van der Waals surface area (Å²) >= 11 is 0. The van der Waals surface area contributed by atoms with Gasteiger partial charge in [0.2, 0.25) is 0 Å². The minimum Gasteiger partial charge on any atom is -0.491 e. The van der Waals surface area contributed by atoms with Gasteiger partial charge in [-0.15, -0.1) is 0 Å². The summed E-state index contributed by atoms with van der Waals surface area (Å²) in [6.45, 7) is -0.304. The number of carbonyl (C=O) groups is 1. The molecule has 0 aliphatic heterocycles. The molecule has 0 aliphatic carbocycles. The lowest BCUT2D eigenvalue weighted by molar-refractivity contribution is -0.136. The van der Waals surface area contributed by atoms with Gasteiger partial charge < -0.3 is 20.1 Å². The van der Waals surface area contributed by atoms with Crippen molar-refractivity contribution in [3.63, 3.8) is 0 Å². The Hall–Kier alpha value is -1.59. The van der Waals surface area contributed by atoms with E-state index in [1.165, 1.54) is 0 Å². The maximum absolute atomic E-state index is 10.4. The summed E-state index contributed by atoms with van der Waals surface area (Å²) in [5, 5.41) is 26.2. The van der Waals surface area contributed by atoms with Crippen LogP contribution >= 0.6 is 0 Å². The standard InChI is InChI=1S/C12H16O5/c13-7-10(14)8-17-11-4-1-9(2-5-11)3-6-12(15)16/h1-2,4-5,10,13-14H,3,6-8H2,(H,15,16). The highest BCUT2D eigenvalue weighted by molar-refractivity contribution is 5.67. The Kier molecular flexibility index (Phi) is 5.45. The van der Waals surface area contributed by atoms with Gasteiger partial charge in [-0.1, -0.05) is 12.1 Å². The van der Waals surface area contributed by atoms with Crippen LogP contribution in [0.4, 0.5) is 0 Å². The second-order valence-corrected chi connectivity index (χ2v) is 3.69. The summed E-state index contributed by atoms with van der Waals surface area (Å²) in [4.78, 5) is 10.4. The van der Waals surface area contributed by atoms with Gasteiger partial charge in [0.25, 0.3) is 0 Å². The zero-order valence-corrected chi connectivity index (χ0v) is 9.37. The smallest absolute Gasteiger partial charge is 0.303 e. The van der Waals surface area contributed by atoms with Crippen molar-refractivity contribution in [1.29, 1.82) is 0 Å². The van der Waals surface area contributed by atoms with Gasteiger partial charge in [-0.2, -0.15) is 0 Å². The molecule has 1 atom stereocenters. The van der Waals surface area contributed by atoms with Crippen LogP contribution in [0.25, 0.3) is 0 Å². The largest absolute Gasteiger partial charge is 0.491 e. The lowest BCUT2D eigenvalue weighted by atomic mass is 10.1. The highest BCUT2D eigenvalue weighted by Gasteiger charge is 2.03. The molecule has 0 bridgehead atoms. The van der Waals surface area contributed by atoms with Gasteiger partial charge in [-0.25, -0.2) is 0 Å². The van der Waals surface area contributed by atoms with Gasteiger partial charge in [-0.05, 0) is 24.1 Å². The second kappa shape index (κ2) is 6.88. The number of carboxylic acid groups (broad SMARTS) is 1. The summed E-state index contributed by atoms with van der Waals surface area (Å²) in [5.41, 5.74) is 0.919. The summed E-state index contributed by atoms with van der Waals surface area (Å²) < 4.78 is 5.21. The number of rotatable bonds is 7. The van der Waals surface area contributed by atoms with Crippen LogP contribution < -0.4 is 4.74 Å². The first kappa shape index (κ1) is 13.5. The molecule has 0 fully saturated rings.